The minimum atomic E-state index is -0.0283. The van der Waals surface area contributed by atoms with Crippen LogP contribution < -0.4 is 5.32 Å². The molecule has 26 heavy (non-hydrogen) atoms. The largest absolute Gasteiger partial charge is 0.377 e. The van der Waals surface area contributed by atoms with Crippen LogP contribution in [0.25, 0.3) is 0 Å². The van der Waals surface area contributed by atoms with E-state index >= 15 is 0 Å². The van der Waals surface area contributed by atoms with Gasteiger partial charge in [-0.1, -0.05) is 36.4 Å². The van der Waals surface area contributed by atoms with Crippen LogP contribution in [0.5, 0.6) is 0 Å². The molecule has 1 aliphatic heterocycles. The average Bonchev–Trinajstić information content (AvgIpc) is 3.18. The number of amides is 1. The Bertz CT molecular complexity index is 724. The first-order valence-electron chi connectivity index (χ1n) is 9.50. The Labute approximate surface area is 156 Å². The van der Waals surface area contributed by atoms with Gasteiger partial charge in [0.25, 0.3) is 5.91 Å². The third-order valence-corrected chi connectivity index (χ3v) is 4.81. The summed E-state index contributed by atoms with van der Waals surface area (Å²) in [4.78, 5) is 15.0. The van der Waals surface area contributed by atoms with Gasteiger partial charge in [-0.25, -0.2) is 0 Å². The number of carbonyl (C=O) groups is 1. The van der Waals surface area contributed by atoms with E-state index in [-0.39, 0.29) is 5.91 Å². The van der Waals surface area contributed by atoms with E-state index < -0.39 is 0 Å². The Balaban J connectivity index is 1.60. The van der Waals surface area contributed by atoms with E-state index in [1.807, 2.05) is 49.4 Å². The molecule has 1 saturated heterocycles. The van der Waals surface area contributed by atoms with Gasteiger partial charge in [0.2, 0.25) is 0 Å². The van der Waals surface area contributed by atoms with Crippen molar-refractivity contribution in [2.24, 2.45) is 0 Å². The van der Waals surface area contributed by atoms with Crippen molar-refractivity contribution in [3.05, 3.63) is 70.8 Å². The van der Waals surface area contributed by atoms with E-state index in [0.29, 0.717) is 19.8 Å². The van der Waals surface area contributed by atoms with Gasteiger partial charge in [-0.05, 0) is 61.7 Å². The molecular formula is C22H28N2O2. The minimum absolute atomic E-state index is 0.0283. The van der Waals surface area contributed by atoms with Crippen LogP contribution in [-0.2, 0) is 24.4 Å². The number of likely N-dealkylation sites (tertiary alicyclic amines) is 1. The maximum Gasteiger partial charge on any atom is 0.251 e. The first kappa shape index (κ1) is 18.6. The molecule has 1 N–H and O–H groups in total. The Hall–Kier alpha value is -2.17. The van der Waals surface area contributed by atoms with Crippen LogP contribution in [0.1, 0.15) is 46.8 Å². The van der Waals surface area contributed by atoms with Crippen molar-refractivity contribution in [3.8, 4) is 0 Å². The summed E-state index contributed by atoms with van der Waals surface area (Å²) in [5.74, 6) is -0.0283. The molecule has 3 rings (SSSR count). The van der Waals surface area contributed by atoms with E-state index in [2.05, 4.69) is 16.3 Å². The predicted molar refractivity (Wildman–Crippen MR) is 104 cm³/mol. The number of hydrogen-bond acceptors (Lipinski definition) is 3. The number of rotatable bonds is 8. The topological polar surface area (TPSA) is 41.6 Å². The lowest BCUT2D eigenvalue weighted by Gasteiger charge is -2.15. The highest BCUT2D eigenvalue weighted by Crippen LogP contribution is 2.14. The van der Waals surface area contributed by atoms with E-state index in [1.165, 1.54) is 18.4 Å². The molecule has 2 aromatic rings. The summed E-state index contributed by atoms with van der Waals surface area (Å²) in [6.45, 7) is 7.01. The molecule has 1 amide bonds. The summed E-state index contributed by atoms with van der Waals surface area (Å²) < 4.78 is 5.51. The van der Waals surface area contributed by atoms with Crippen molar-refractivity contribution < 1.29 is 9.53 Å². The molecule has 4 nitrogen and oxygen atoms in total. The van der Waals surface area contributed by atoms with Crippen molar-refractivity contribution in [1.82, 2.24) is 10.2 Å². The highest BCUT2D eigenvalue weighted by molar-refractivity contribution is 5.94. The van der Waals surface area contributed by atoms with Crippen LogP contribution in [0, 0.1) is 0 Å². The van der Waals surface area contributed by atoms with E-state index in [4.69, 9.17) is 4.74 Å². The van der Waals surface area contributed by atoms with Gasteiger partial charge in [0.15, 0.2) is 0 Å². The quantitative estimate of drug-likeness (QED) is 0.787. The third-order valence-electron chi connectivity index (χ3n) is 4.81. The zero-order valence-corrected chi connectivity index (χ0v) is 15.5. The van der Waals surface area contributed by atoms with Crippen LogP contribution in [0.4, 0.5) is 0 Å². The first-order valence-corrected chi connectivity index (χ1v) is 9.50. The maximum absolute atomic E-state index is 12.6. The molecular weight excluding hydrogens is 324 g/mol. The van der Waals surface area contributed by atoms with Gasteiger partial charge < -0.3 is 10.1 Å². The molecule has 0 spiro atoms. The van der Waals surface area contributed by atoms with Crippen LogP contribution >= 0.6 is 0 Å². The lowest BCUT2D eigenvalue weighted by atomic mass is 10.1. The molecule has 138 valence electrons. The lowest BCUT2D eigenvalue weighted by molar-refractivity contribution is 0.0949. The predicted octanol–water partition coefficient (Wildman–Crippen LogP) is 3.75. The van der Waals surface area contributed by atoms with Gasteiger partial charge in [0, 0.05) is 25.3 Å². The third kappa shape index (κ3) is 5.16. The first-order chi connectivity index (χ1) is 12.8. The molecule has 2 aromatic carbocycles. The van der Waals surface area contributed by atoms with E-state index in [0.717, 1.165) is 36.3 Å². The SMILES string of the molecule is CCOCc1ccccc1CNC(=O)c1cccc(CN2CCCC2)c1. The number of nitrogens with zero attached hydrogens (tertiary/aromatic N) is 1. The summed E-state index contributed by atoms with van der Waals surface area (Å²) in [6, 6.07) is 16.1. The maximum atomic E-state index is 12.6. The fourth-order valence-electron chi connectivity index (χ4n) is 3.37. The second-order valence-corrected chi connectivity index (χ2v) is 6.77. The van der Waals surface area contributed by atoms with Gasteiger partial charge >= 0.3 is 0 Å². The molecule has 0 unspecified atom stereocenters. The molecule has 0 aromatic heterocycles. The van der Waals surface area contributed by atoms with Gasteiger partial charge in [0.1, 0.15) is 0 Å². The highest BCUT2D eigenvalue weighted by Gasteiger charge is 2.13. The minimum Gasteiger partial charge on any atom is -0.377 e. The molecule has 0 atom stereocenters. The second-order valence-electron chi connectivity index (χ2n) is 6.77. The fourth-order valence-corrected chi connectivity index (χ4v) is 3.37. The van der Waals surface area contributed by atoms with Crippen LogP contribution in [-0.4, -0.2) is 30.5 Å². The summed E-state index contributed by atoms with van der Waals surface area (Å²) in [7, 11) is 0. The number of nitrogens with one attached hydrogen (secondary N) is 1. The Morgan fingerprint density at radius 3 is 2.62 bits per heavy atom. The van der Waals surface area contributed by atoms with Crippen molar-refractivity contribution in [1.29, 1.82) is 0 Å². The second kappa shape index (κ2) is 9.51. The molecule has 0 saturated carbocycles. The number of benzene rings is 2. The average molecular weight is 352 g/mol. The molecule has 0 bridgehead atoms. The molecule has 1 aliphatic rings. The Kier molecular flexibility index (Phi) is 6.81. The van der Waals surface area contributed by atoms with Crippen molar-refractivity contribution in [2.75, 3.05) is 19.7 Å². The Morgan fingerprint density at radius 2 is 1.85 bits per heavy atom. The molecule has 4 heteroatoms. The zero-order chi connectivity index (χ0) is 18.2. The van der Waals surface area contributed by atoms with Gasteiger partial charge in [-0.3, -0.25) is 9.69 Å². The highest BCUT2D eigenvalue weighted by atomic mass is 16.5. The van der Waals surface area contributed by atoms with E-state index in [1.54, 1.807) is 0 Å². The molecule has 0 aliphatic carbocycles. The summed E-state index contributed by atoms with van der Waals surface area (Å²) >= 11 is 0. The van der Waals surface area contributed by atoms with Crippen molar-refractivity contribution >= 4 is 5.91 Å². The lowest BCUT2D eigenvalue weighted by Crippen LogP contribution is -2.24. The van der Waals surface area contributed by atoms with Gasteiger partial charge in [0.05, 0.1) is 6.61 Å². The smallest absolute Gasteiger partial charge is 0.251 e. The molecule has 0 radical (unpaired) electrons. The van der Waals surface area contributed by atoms with E-state index in [9.17, 15) is 4.79 Å². The Morgan fingerprint density at radius 1 is 1.08 bits per heavy atom. The monoisotopic (exact) mass is 352 g/mol. The normalized spacial score (nSPS) is 14.5. The van der Waals surface area contributed by atoms with Crippen LogP contribution in [0.3, 0.4) is 0 Å². The number of carbonyl (C=O) groups excluding carboxylic acids is 1. The number of ether oxygens (including phenoxy) is 1. The van der Waals surface area contributed by atoms with Gasteiger partial charge in [-0.2, -0.15) is 0 Å². The van der Waals surface area contributed by atoms with Crippen molar-refractivity contribution in [2.45, 2.75) is 39.5 Å². The standard InChI is InChI=1S/C22H28N2O2/c1-2-26-17-21-10-4-3-9-20(21)15-23-22(25)19-11-7-8-18(14-19)16-24-12-5-6-13-24/h3-4,7-11,14H,2,5-6,12-13,15-17H2,1H3,(H,23,25). The zero-order valence-electron chi connectivity index (χ0n) is 15.5. The molecule has 1 heterocycles. The van der Waals surface area contributed by atoms with Crippen molar-refractivity contribution in [3.63, 3.8) is 0 Å². The molecule has 1 fully saturated rings. The fraction of sp³-hybridized carbons (Fsp3) is 0.409. The summed E-state index contributed by atoms with van der Waals surface area (Å²) in [5.41, 5.74) is 4.15. The van der Waals surface area contributed by atoms with Gasteiger partial charge in [-0.15, -0.1) is 0 Å². The van der Waals surface area contributed by atoms with Crippen LogP contribution in [0.15, 0.2) is 48.5 Å². The number of hydrogen-bond donors (Lipinski definition) is 1. The summed E-state index contributed by atoms with van der Waals surface area (Å²) in [5, 5.41) is 3.04. The van der Waals surface area contributed by atoms with Crippen LogP contribution in [0.2, 0.25) is 0 Å². The summed E-state index contributed by atoms with van der Waals surface area (Å²) in [6.07, 6.45) is 2.56.